The lowest BCUT2D eigenvalue weighted by Gasteiger charge is -2.18. The quantitative estimate of drug-likeness (QED) is 0.0262. The van der Waals surface area contributed by atoms with Crippen LogP contribution in [-0.4, -0.2) is 37.2 Å². The predicted molar refractivity (Wildman–Crippen MR) is 288 cm³/mol. The molecule has 1 atom stereocenters. The fourth-order valence-corrected chi connectivity index (χ4v) is 7.70. The summed E-state index contributed by atoms with van der Waals surface area (Å²) >= 11 is 0. The van der Waals surface area contributed by atoms with Gasteiger partial charge in [-0.15, -0.1) is 0 Å². The molecule has 0 saturated heterocycles. The zero-order valence-corrected chi connectivity index (χ0v) is 43.9. The molecule has 0 N–H and O–H groups in total. The van der Waals surface area contributed by atoms with Crippen molar-refractivity contribution < 1.29 is 28.6 Å². The Kier molecular flexibility index (Phi) is 52.4. The second-order valence-corrected chi connectivity index (χ2v) is 18.5. The molecule has 0 aromatic heterocycles. The second-order valence-electron chi connectivity index (χ2n) is 18.5. The molecule has 0 aliphatic carbocycles. The van der Waals surface area contributed by atoms with Crippen molar-refractivity contribution in [2.24, 2.45) is 0 Å². The number of ether oxygens (including phenoxy) is 3. The van der Waals surface area contributed by atoms with E-state index < -0.39 is 6.10 Å². The summed E-state index contributed by atoms with van der Waals surface area (Å²) in [4.78, 5) is 38.1. The predicted octanol–water partition coefficient (Wildman–Crippen LogP) is 18.8. The number of hydrogen-bond donors (Lipinski definition) is 0. The number of unbranched alkanes of at least 4 members (excludes halogenated alkanes) is 25. The van der Waals surface area contributed by atoms with Crippen molar-refractivity contribution in [2.75, 3.05) is 13.2 Å². The third-order valence-electron chi connectivity index (χ3n) is 11.9. The maximum atomic E-state index is 12.8. The lowest BCUT2D eigenvalue weighted by molar-refractivity contribution is -0.166. The van der Waals surface area contributed by atoms with Gasteiger partial charge in [-0.3, -0.25) is 14.4 Å². The molecule has 0 aromatic rings. The van der Waals surface area contributed by atoms with Crippen LogP contribution in [0.5, 0.6) is 0 Å². The van der Waals surface area contributed by atoms with Crippen LogP contribution in [0.25, 0.3) is 0 Å². The van der Waals surface area contributed by atoms with E-state index in [0.717, 1.165) is 89.9 Å². The Morgan fingerprint density at radius 2 is 0.612 bits per heavy atom. The summed E-state index contributed by atoms with van der Waals surface area (Å²) < 4.78 is 16.8. The third-order valence-corrected chi connectivity index (χ3v) is 11.9. The van der Waals surface area contributed by atoms with Gasteiger partial charge in [0.25, 0.3) is 0 Å². The maximum absolute atomic E-state index is 12.8. The van der Waals surface area contributed by atoms with Gasteiger partial charge in [-0.1, -0.05) is 247 Å². The summed E-state index contributed by atoms with van der Waals surface area (Å²) in [6.45, 7) is 6.45. The topological polar surface area (TPSA) is 78.9 Å². The van der Waals surface area contributed by atoms with Crippen LogP contribution in [0.15, 0.2) is 85.1 Å². The molecular formula is C61H104O6. The Labute approximate surface area is 414 Å². The Bertz CT molecular complexity index is 1300. The van der Waals surface area contributed by atoms with E-state index in [0.29, 0.717) is 19.3 Å². The molecule has 1 unspecified atom stereocenters. The normalized spacial score (nSPS) is 12.7. The number of rotatable bonds is 50. The van der Waals surface area contributed by atoms with Gasteiger partial charge in [-0.05, 0) is 83.5 Å². The Morgan fingerprint density at radius 1 is 0.313 bits per heavy atom. The molecule has 384 valence electrons. The minimum Gasteiger partial charge on any atom is -0.462 e. The molecule has 6 nitrogen and oxygen atoms in total. The minimum absolute atomic E-state index is 0.106. The summed E-state index contributed by atoms with van der Waals surface area (Å²) in [5, 5.41) is 0. The van der Waals surface area contributed by atoms with Crippen molar-refractivity contribution >= 4 is 17.9 Å². The van der Waals surface area contributed by atoms with Crippen LogP contribution in [-0.2, 0) is 28.6 Å². The van der Waals surface area contributed by atoms with E-state index in [2.05, 4.69) is 99.8 Å². The van der Waals surface area contributed by atoms with Gasteiger partial charge in [0.15, 0.2) is 6.10 Å². The largest absolute Gasteiger partial charge is 0.462 e. The maximum Gasteiger partial charge on any atom is 0.306 e. The molecule has 6 heteroatoms. The highest BCUT2D eigenvalue weighted by Gasteiger charge is 2.19. The van der Waals surface area contributed by atoms with Gasteiger partial charge < -0.3 is 14.2 Å². The van der Waals surface area contributed by atoms with Crippen LogP contribution >= 0.6 is 0 Å². The number of carbonyl (C=O) groups is 3. The van der Waals surface area contributed by atoms with Crippen molar-refractivity contribution in [3.8, 4) is 0 Å². The van der Waals surface area contributed by atoms with E-state index >= 15 is 0 Å². The molecule has 0 fully saturated rings. The zero-order valence-electron chi connectivity index (χ0n) is 43.9. The third kappa shape index (κ3) is 53.4. The zero-order chi connectivity index (χ0) is 48.6. The average Bonchev–Trinajstić information content (AvgIpc) is 3.33. The van der Waals surface area contributed by atoms with Crippen LogP contribution in [0.4, 0.5) is 0 Å². The molecular weight excluding hydrogens is 829 g/mol. The summed E-state index contributed by atoms with van der Waals surface area (Å²) in [7, 11) is 0. The van der Waals surface area contributed by atoms with Gasteiger partial charge in [0.05, 0.1) is 0 Å². The first kappa shape index (κ1) is 63.6. The fourth-order valence-electron chi connectivity index (χ4n) is 7.70. The van der Waals surface area contributed by atoms with Gasteiger partial charge in [0.2, 0.25) is 0 Å². The Balaban J connectivity index is 4.49. The van der Waals surface area contributed by atoms with Crippen LogP contribution in [0.3, 0.4) is 0 Å². The molecule has 0 aromatic carbocycles. The number of allylic oxidation sites excluding steroid dienone is 14. The molecule has 0 radical (unpaired) electrons. The summed E-state index contributed by atoms with van der Waals surface area (Å²) in [6.07, 6.45) is 71.6. The molecule has 0 saturated carbocycles. The van der Waals surface area contributed by atoms with E-state index in [9.17, 15) is 14.4 Å². The van der Waals surface area contributed by atoms with E-state index in [-0.39, 0.29) is 37.5 Å². The summed E-state index contributed by atoms with van der Waals surface area (Å²) in [6, 6.07) is 0. The van der Waals surface area contributed by atoms with Crippen LogP contribution in [0.1, 0.15) is 265 Å². The Hall–Kier alpha value is -3.41. The van der Waals surface area contributed by atoms with Crippen molar-refractivity contribution in [1.82, 2.24) is 0 Å². The van der Waals surface area contributed by atoms with Crippen molar-refractivity contribution in [3.63, 3.8) is 0 Å². The Morgan fingerprint density at radius 3 is 1.01 bits per heavy atom. The van der Waals surface area contributed by atoms with Crippen molar-refractivity contribution in [3.05, 3.63) is 85.1 Å². The highest BCUT2D eigenvalue weighted by atomic mass is 16.6. The number of hydrogen-bond acceptors (Lipinski definition) is 6. The first-order valence-corrected chi connectivity index (χ1v) is 28.1. The first-order chi connectivity index (χ1) is 33.0. The molecule has 0 amide bonds. The highest BCUT2D eigenvalue weighted by Crippen LogP contribution is 2.15. The van der Waals surface area contributed by atoms with E-state index in [1.807, 2.05) is 6.08 Å². The van der Waals surface area contributed by atoms with Crippen molar-refractivity contribution in [1.29, 1.82) is 0 Å². The fraction of sp³-hybridized carbons (Fsp3) is 0.721. The van der Waals surface area contributed by atoms with Gasteiger partial charge in [0, 0.05) is 19.3 Å². The molecule has 0 rings (SSSR count). The number of carbonyl (C=O) groups excluding carboxylic acids is 3. The summed E-state index contributed by atoms with van der Waals surface area (Å²) in [5.41, 5.74) is 0. The molecule has 67 heavy (non-hydrogen) atoms. The van der Waals surface area contributed by atoms with E-state index in [1.54, 1.807) is 0 Å². The van der Waals surface area contributed by atoms with Crippen LogP contribution < -0.4 is 0 Å². The van der Waals surface area contributed by atoms with Gasteiger partial charge in [-0.25, -0.2) is 0 Å². The van der Waals surface area contributed by atoms with Gasteiger partial charge in [0.1, 0.15) is 13.2 Å². The minimum atomic E-state index is -0.811. The van der Waals surface area contributed by atoms with Gasteiger partial charge in [-0.2, -0.15) is 0 Å². The first-order valence-electron chi connectivity index (χ1n) is 28.1. The van der Waals surface area contributed by atoms with E-state index in [1.165, 1.54) is 128 Å². The standard InChI is InChI=1S/C61H104O6/c1-4-7-10-13-16-19-22-25-27-29-30-32-33-36-39-42-45-48-51-54-60(63)66-57-58(56-65-59(62)53-50-47-44-41-38-35-24-21-18-15-12-9-6-3)67-61(64)55-52-49-46-43-40-37-34-31-28-26-23-20-17-14-11-8-5-2/h7,10,16,19,25,27,30,32,35-36,38-39,45,48,58H,4-6,8-9,11-15,17-18,20-24,26,28-29,31,33-34,37,40-44,46-47,49-57H2,1-3H3/b10-7-,19-16-,27-25-,32-30-,38-35-,39-36-,48-45-. The molecule has 0 spiro atoms. The average molecular weight is 933 g/mol. The van der Waals surface area contributed by atoms with E-state index in [4.69, 9.17) is 14.2 Å². The molecule has 0 heterocycles. The van der Waals surface area contributed by atoms with Crippen molar-refractivity contribution in [2.45, 2.75) is 271 Å². The van der Waals surface area contributed by atoms with Crippen LogP contribution in [0, 0.1) is 0 Å². The van der Waals surface area contributed by atoms with Crippen LogP contribution in [0.2, 0.25) is 0 Å². The molecule has 0 bridgehead atoms. The lowest BCUT2D eigenvalue weighted by atomic mass is 10.0. The second kappa shape index (κ2) is 55.2. The molecule has 0 aliphatic heterocycles. The highest BCUT2D eigenvalue weighted by molar-refractivity contribution is 5.71. The lowest BCUT2D eigenvalue weighted by Crippen LogP contribution is -2.30. The van der Waals surface area contributed by atoms with Gasteiger partial charge >= 0.3 is 17.9 Å². The smallest absolute Gasteiger partial charge is 0.306 e. The number of esters is 3. The summed E-state index contributed by atoms with van der Waals surface area (Å²) in [5.74, 6) is -1.00. The monoisotopic (exact) mass is 933 g/mol. The SMILES string of the molecule is CC/C=C\C/C=C\C/C=C\C/C=C\C/C=C\C/C=C\CCC(=O)OCC(COC(=O)CCCCC/C=C\CCCCCCCC)OC(=O)CCCCCCCCCCCCCCCCCCC. The molecule has 0 aliphatic rings.